The van der Waals surface area contributed by atoms with Crippen LogP contribution in [-0.2, 0) is 7.05 Å². The molecule has 1 amide bonds. The average Bonchev–Trinajstić information content (AvgIpc) is 3.17. The number of hydrogen-bond donors (Lipinski definition) is 1. The molecule has 0 aliphatic rings. The van der Waals surface area contributed by atoms with E-state index >= 15 is 0 Å². The molecule has 0 saturated carbocycles. The van der Waals surface area contributed by atoms with Gasteiger partial charge in [0.05, 0.1) is 26.9 Å². The number of amides is 1. The second kappa shape index (κ2) is 10.9. The fourth-order valence-electron chi connectivity index (χ4n) is 3.06. The molecule has 8 nitrogen and oxygen atoms in total. The lowest BCUT2D eigenvalue weighted by Gasteiger charge is -2.17. The van der Waals surface area contributed by atoms with Crippen LogP contribution >= 0.6 is 11.8 Å². The second-order valence-corrected chi connectivity index (χ2v) is 7.85. The van der Waals surface area contributed by atoms with Crippen molar-refractivity contribution in [3.05, 3.63) is 59.7 Å². The monoisotopic (exact) mass is 460 g/mol. The molecule has 1 atom stereocenters. The fraction of sp³-hybridized carbons (Fsp3) is 0.318. The van der Waals surface area contributed by atoms with Crippen molar-refractivity contribution >= 4 is 17.7 Å². The summed E-state index contributed by atoms with van der Waals surface area (Å²) in [7, 11) is 4.84. The number of hydrogen-bond acceptors (Lipinski definition) is 7. The van der Waals surface area contributed by atoms with Gasteiger partial charge < -0.3 is 24.1 Å². The van der Waals surface area contributed by atoms with Gasteiger partial charge in [0.1, 0.15) is 28.6 Å². The maximum atomic E-state index is 12.9. The molecule has 0 saturated heterocycles. The molecule has 1 aromatic heterocycles. The van der Waals surface area contributed by atoms with Crippen LogP contribution in [0.25, 0.3) is 0 Å². The SMILES string of the molecule is COc1cccc(OC)c1C(=O)NC(C)c1nnc(SCCOc2ccc(F)cc2)n1C. The lowest BCUT2D eigenvalue weighted by Crippen LogP contribution is -2.29. The molecule has 0 radical (unpaired) electrons. The van der Waals surface area contributed by atoms with Crippen LogP contribution in [0.15, 0.2) is 47.6 Å². The molecular formula is C22H25FN4O4S. The largest absolute Gasteiger partial charge is 0.496 e. The highest BCUT2D eigenvalue weighted by molar-refractivity contribution is 7.99. The number of carbonyl (C=O) groups excluding carboxylic acids is 1. The second-order valence-electron chi connectivity index (χ2n) is 6.78. The molecule has 1 N–H and O–H groups in total. The third-order valence-corrected chi connectivity index (χ3v) is 5.64. The lowest BCUT2D eigenvalue weighted by atomic mass is 10.1. The highest BCUT2D eigenvalue weighted by atomic mass is 32.2. The van der Waals surface area contributed by atoms with E-state index in [2.05, 4.69) is 15.5 Å². The van der Waals surface area contributed by atoms with Crippen molar-refractivity contribution in [1.82, 2.24) is 20.1 Å². The first-order chi connectivity index (χ1) is 15.4. The normalized spacial score (nSPS) is 11.7. The van der Waals surface area contributed by atoms with Crippen LogP contribution < -0.4 is 19.5 Å². The van der Waals surface area contributed by atoms with Crippen molar-refractivity contribution < 1.29 is 23.4 Å². The quantitative estimate of drug-likeness (QED) is 0.365. The number of aromatic nitrogens is 3. The highest BCUT2D eigenvalue weighted by Gasteiger charge is 2.23. The van der Waals surface area contributed by atoms with E-state index in [4.69, 9.17) is 14.2 Å². The molecule has 0 bridgehead atoms. The van der Waals surface area contributed by atoms with Gasteiger partial charge in [0.15, 0.2) is 11.0 Å². The Morgan fingerprint density at radius 2 is 1.78 bits per heavy atom. The van der Waals surface area contributed by atoms with Crippen molar-refractivity contribution in [2.75, 3.05) is 26.6 Å². The topological polar surface area (TPSA) is 87.5 Å². The summed E-state index contributed by atoms with van der Waals surface area (Å²) < 4.78 is 31.0. The number of nitrogens with zero attached hydrogens (tertiary/aromatic N) is 3. The minimum Gasteiger partial charge on any atom is -0.496 e. The van der Waals surface area contributed by atoms with Crippen LogP contribution in [0.2, 0.25) is 0 Å². The van der Waals surface area contributed by atoms with Crippen molar-refractivity contribution in [1.29, 1.82) is 0 Å². The van der Waals surface area contributed by atoms with Crippen LogP contribution in [0.3, 0.4) is 0 Å². The predicted molar refractivity (Wildman–Crippen MR) is 119 cm³/mol. The zero-order valence-electron chi connectivity index (χ0n) is 18.3. The molecule has 2 aromatic carbocycles. The highest BCUT2D eigenvalue weighted by Crippen LogP contribution is 2.29. The van der Waals surface area contributed by atoms with Crippen LogP contribution in [0.1, 0.15) is 29.1 Å². The van der Waals surface area contributed by atoms with E-state index in [1.807, 2.05) is 18.5 Å². The van der Waals surface area contributed by atoms with Gasteiger partial charge in [-0.25, -0.2) is 4.39 Å². The average molecular weight is 461 g/mol. The number of methoxy groups -OCH3 is 2. The van der Waals surface area contributed by atoms with Gasteiger partial charge in [0.2, 0.25) is 0 Å². The lowest BCUT2D eigenvalue weighted by molar-refractivity contribution is 0.0931. The van der Waals surface area contributed by atoms with Gasteiger partial charge in [0, 0.05) is 12.8 Å². The third-order valence-electron chi connectivity index (χ3n) is 4.66. The maximum absolute atomic E-state index is 12.9. The molecule has 10 heteroatoms. The maximum Gasteiger partial charge on any atom is 0.259 e. The molecule has 170 valence electrons. The van der Waals surface area contributed by atoms with Crippen molar-refractivity contribution in [3.63, 3.8) is 0 Å². The zero-order chi connectivity index (χ0) is 23.1. The van der Waals surface area contributed by atoms with Gasteiger partial charge in [-0.3, -0.25) is 4.79 Å². The summed E-state index contributed by atoms with van der Waals surface area (Å²) in [5.41, 5.74) is 0.319. The first-order valence-corrected chi connectivity index (χ1v) is 10.9. The molecule has 0 fully saturated rings. The van der Waals surface area contributed by atoms with Crippen molar-refractivity contribution in [2.45, 2.75) is 18.1 Å². The Bertz CT molecular complexity index is 1040. The van der Waals surface area contributed by atoms with Gasteiger partial charge in [-0.05, 0) is 43.3 Å². The van der Waals surface area contributed by atoms with E-state index < -0.39 is 6.04 Å². The van der Waals surface area contributed by atoms with Gasteiger partial charge in [0.25, 0.3) is 5.91 Å². The van der Waals surface area contributed by atoms with Crippen molar-refractivity contribution in [3.8, 4) is 17.2 Å². The number of carbonyl (C=O) groups is 1. The molecule has 1 heterocycles. The Balaban J connectivity index is 1.59. The van der Waals surface area contributed by atoms with E-state index in [9.17, 15) is 9.18 Å². The van der Waals surface area contributed by atoms with E-state index in [1.165, 1.54) is 38.1 Å². The summed E-state index contributed by atoms with van der Waals surface area (Å²) in [4.78, 5) is 12.9. The Morgan fingerprint density at radius 3 is 2.41 bits per heavy atom. The van der Waals surface area contributed by atoms with E-state index in [-0.39, 0.29) is 11.7 Å². The van der Waals surface area contributed by atoms with E-state index in [0.717, 1.165) is 0 Å². The first-order valence-electron chi connectivity index (χ1n) is 9.87. The van der Waals surface area contributed by atoms with Crippen LogP contribution in [0, 0.1) is 5.82 Å². The minimum atomic E-state index is -0.403. The molecule has 3 aromatic rings. The summed E-state index contributed by atoms with van der Waals surface area (Å²) in [5, 5.41) is 12.1. The number of ether oxygens (including phenoxy) is 3. The van der Waals surface area contributed by atoms with Gasteiger partial charge >= 0.3 is 0 Å². The van der Waals surface area contributed by atoms with Gasteiger partial charge in [-0.2, -0.15) is 0 Å². The van der Waals surface area contributed by atoms with E-state index in [1.54, 1.807) is 30.3 Å². The van der Waals surface area contributed by atoms with Crippen LogP contribution in [-0.4, -0.2) is 47.3 Å². The number of thioether (sulfide) groups is 1. The number of rotatable bonds is 10. The first kappa shape index (κ1) is 23.4. The number of nitrogens with one attached hydrogen (secondary N) is 1. The Labute approximate surface area is 190 Å². The summed E-state index contributed by atoms with van der Waals surface area (Å²) in [5.74, 6) is 2.04. The molecular weight excluding hydrogens is 435 g/mol. The van der Waals surface area contributed by atoms with Crippen molar-refractivity contribution in [2.24, 2.45) is 7.05 Å². The molecule has 3 rings (SSSR count). The van der Waals surface area contributed by atoms with Gasteiger partial charge in [-0.15, -0.1) is 10.2 Å². The number of benzene rings is 2. The zero-order valence-corrected chi connectivity index (χ0v) is 19.1. The molecule has 0 aliphatic heterocycles. The predicted octanol–water partition coefficient (Wildman–Crippen LogP) is 3.63. The summed E-state index contributed by atoms with van der Waals surface area (Å²) in [6.07, 6.45) is 0. The summed E-state index contributed by atoms with van der Waals surface area (Å²) in [6.45, 7) is 2.26. The fourth-order valence-corrected chi connectivity index (χ4v) is 3.80. The third kappa shape index (κ3) is 5.50. The summed E-state index contributed by atoms with van der Waals surface area (Å²) in [6, 6.07) is 10.6. The Kier molecular flexibility index (Phi) is 7.93. The minimum absolute atomic E-state index is 0.302. The van der Waals surface area contributed by atoms with Gasteiger partial charge in [-0.1, -0.05) is 17.8 Å². The Morgan fingerprint density at radius 1 is 1.12 bits per heavy atom. The molecule has 0 spiro atoms. The molecule has 1 unspecified atom stereocenters. The molecule has 32 heavy (non-hydrogen) atoms. The summed E-state index contributed by atoms with van der Waals surface area (Å²) >= 11 is 1.47. The van der Waals surface area contributed by atoms with E-state index in [0.29, 0.717) is 46.2 Å². The smallest absolute Gasteiger partial charge is 0.259 e. The Hall–Kier alpha value is -3.27. The number of halogens is 1. The molecule has 0 aliphatic carbocycles. The van der Waals surface area contributed by atoms with Crippen LogP contribution in [0.5, 0.6) is 17.2 Å². The standard InChI is InChI=1S/C22H25FN4O4S/c1-14(24-21(28)19-17(29-3)6-5-7-18(19)30-4)20-25-26-22(27(20)2)32-13-12-31-16-10-8-15(23)9-11-16/h5-11,14H,12-13H2,1-4H3,(H,24,28). The van der Waals surface area contributed by atoms with Crippen LogP contribution in [0.4, 0.5) is 4.39 Å².